The van der Waals surface area contributed by atoms with Crippen LogP contribution in [0.3, 0.4) is 0 Å². The second-order valence-corrected chi connectivity index (χ2v) is 6.57. The predicted molar refractivity (Wildman–Crippen MR) is 87.8 cm³/mol. The highest BCUT2D eigenvalue weighted by atomic mass is 79.9. The van der Waals surface area contributed by atoms with E-state index in [4.69, 9.17) is 23.2 Å². The molecule has 1 aromatic carbocycles. The summed E-state index contributed by atoms with van der Waals surface area (Å²) in [5.74, 6) is 0. The fourth-order valence-electron chi connectivity index (χ4n) is 2.70. The molecule has 0 spiro atoms. The Morgan fingerprint density at radius 2 is 2.15 bits per heavy atom. The van der Waals surface area contributed by atoms with E-state index in [1.165, 1.54) is 15.6 Å². The molecule has 0 fully saturated rings. The number of rotatable bonds is 2. The lowest BCUT2D eigenvalue weighted by atomic mass is 10.1. The lowest BCUT2D eigenvalue weighted by molar-refractivity contribution is 0.760. The first-order valence-electron chi connectivity index (χ1n) is 6.42. The Morgan fingerprint density at radius 1 is 1.35 bits per heavy atom. The van der Waals surface area contributed by atoms with Gasteiger partial charge in [-0.3, -0.25) is 0 Å². The SMILES string of the molecule is Cc1cc(Cl)nc(Cl)c1NC1CCc2c(Br)cccc21. The summed E-state index contributed by atoms with van der Waals surface area (Å²) in [7, 11) is 0. The maximum absolute atomic E-state index is 6.20. The number of anilines is 1. The maximum atomic E-state index is 6.20. The van der Waals surface area contributed by atoms with E-state index in [1.54, 1.807) is 0 Å². The van der Waals surface area contributed by atoms with E-state index < -0.39 is 0 Å². The topological polar surface area (TPSA) is 24.9 Å². The van der Waals surface area contributed by atoms with Crippen molar-refractivity contribution in [2.24, 2.45) is 0 Å². The molecule has 1 aliphatic rings. The molecule has 1 heterocycles. The fourth-order valence-corrected chi connectivity index (χ4v) is 3.87. The Bertz CT molecular complexity index is 650. The van der Waals surface area contributed by atoms with E-state index in [9.17, 15) is 0 Å². The summed E-state index contributed by atoms with van der Waals surface area (Å²) in [5.41, 5.74) is 4.58. The molecule has 0 bridgehead atoms. The van der Waals surface area contributed by atoms with E-state index in [0.717, 1.165) is 24.1 Å². The summed E-state index contributed by atoms with van der Waals surface area (Å²) in [6, 6.07) is 8.41. The van der Waals surface area contributed by atoms with Crippen molar-refractivity contribution in [2.45, 2.75) is 25.8 Å². The highest BCUT2D eigenvalue weighted by Gasteiger charge is 2.25. The zero-order chi connectivity index (χ0) is 14.3. The molecule has 104 valence electrons. The number of benzene rings is 1. The van der Waals surface area contributed by atoms with E-state index in [-0.39, 0.29) is 6.04 Å². The predicted octanol–water partition coefficient (Wildman–Crippen LogP) is 5.56. The number of pyridine rings is 1. The third-order valence-electron chi connectivity index (χ3n) is 3.67. The van der Waals surface area contributed by atoms with Crippen molar-refractivity contribution in [3.8, 4) is 0 Å². The van der Waals surface area contributed by atoms with Crippen LogP contribution >= 0.6 is 39.1 Å². The molecule has 1 aromatic heterocycles. The number of aryl methyl sites for hydroxylation is 1. The van der Waals surface area contributed by atoms with Gasteiger partial charge in [0.2, 0.25) is 0 Å². The molecule has 1 aliphatic carbocycles. The molecule has 2 aromatic rings. The monoisotopic (exact) mass is 370 g/mol. The van der Waals surface area contributed by atoms with Crippen LogP contribution in [0.15, 0.2) is 28.7 Å². The van der Waals surface area contributed by atoms with Gasteiger partial charge in [0.1, 0.15) is 5.15 Å². The van der Waals surface area contributed by atoms with Gasteiger partial charge in [-0.15, -0.1) is 0 Å². The van der Waals surface area contributed by atoms with Crippen LogP contribution in [0.1, 0.15) is 29.2 Å². The van der Waals surface area contributed by atoms with Gasteiger partial charge in [0.25, 0.3) is 0 Å². The van der Waals surface area contributed by atoms with Crippen LogP contribution < -0.4 is 5.32 Å². The summed E-state index contributed by atoms with van der Waals surface area (Å²) in [6.07, 6.45) is 2.11. The van der Waals surface area contributed by atoms with Crippen LogP contribution in [0, 0.1) is 6.92 Å². The first-order valence-corrected chi connectivity index (χ1v) is 7.97. The number of hydrogen-bond donors (Lipinski definition) is 1. The Labute approximate surface area is 136 Å². The molecule has 0 aliphatic heterocycles. The van der Waals surface area contributed by atoms with E-state index in [2.05, 4.69) is 44.4 Å². The Morgan fingerprint density at radius 3 is 2.90 bits per heavy atom. The van der Waals surface area contributed by atoms with Crippen molar-refractivity contribution in [1.29, 1.82) is 0 Å². The number of hydrogen-bond acceptors (Lipinski definition) is 2. The second kappa shape index (κ2) is 5.55. The number of nitrogens with zero attached hydrogens (tertiary/aromatic N) is 1. The van der Waals surface area contributed by atoms with Crippen LogP contribution in [-0.4, -0.2) is 4.98 Å². The number of halogens is 3. The molecule has 0 amide bonds. The summed E-state index contributed by atoms with van der Waals surface area (Å²) < 4.78 is 1.18. The summed E-state index contributed by atoms with van der Waals surface area (Å²) in [4.78, 5) is 4.11. The second-order valence-electron chi connectivity index (χ2n) is 4.97. The molecule has 3 rings (SSSR count). The van der Waals surface area contributed by atoms with Crippen molar-refractivity contribution in [2.75, 3.05) is 5.32 Å². The number of aromatic nitrogens is 1. The largest absolute Gasteiger partial charge is 0.376 e. The third-order valence-corrected chi connectivity index (χ3v) is 4.88. The van der Waals surface area contributed by atoms with Crippen LogP contribution in [0.2, 0.25) is 10.3 Å². The molecule has 0 radical (unpaired) electrons. The van der Waals surface area contributed by atoms with Crippen molar-refractivity contribution < 1.29 is 0 Å². The van der Waals surface area contributed by atoms with Gasteiger partial charge in [0, 0.05) is 4.47 Å². The van der Waals surface area contributed by atoms with Gasteiger partial charge >= 0.3 is 0 Å². The molecule has 1 N–H and O–H groups in total. The van der Waals surface area contributed by atoms with Gasteiger partial charge < -0.3 is 5.32 Å². The van der Waals surface area contributed by atoms with Gasteiger partial charge in [-0.05, 0) is 48.6 Å². The van der Waals surface area contributed by atoms with Crippen LogP contribution in [-0.2, 0) is 6.42 Å². The van der Waals surface area contributed by atoms with Crippen molar-refractivity contribution >= 4 is 44.8 Å². The van der Waals surface area contributed by atoms with Crippen molar-refractivity contribution in [3.63, 3.8) is 0 Å². The van der Waals surface area contributed by atoms with E-state index in [1.807, 2.05) is 13.0 Å². The fraction of sp³-hybridized carbons (Fsp3) is 0.267. The number of nitrogens with one attached hydrogen (secondary N) is 1. The first kappa shape index (κ1) is 14.2. The average molecular weight is 372 g/mol. The van der Waals surface area contributed by atoms with Gasteiger partial charge in [0.05, 0.1) is 11.7 Å². The zero-order valence-corrected chi connectivity index (χ0v) is 14.0. The molecule has 1 unspecified atom stereocenters. The smallest absolute Gasteiger partial charge is 0.154 e. The Kier molecular flexibility index (Phi) is 3.93. The van der Waals surface area contributed by atoms with Gasteiger partial charge in [-0.1, -0.05) is 51.3 Å². The molecule has 0 saturated carbocycles. The standard InChI is InChI=1S/C15H13BrCl2N2/c1-8-7-13(17)20-15(18)14(8)19-12-6-5-9-10(12)3-2-4-11(9)16/h2-4,7,12,19H,5-6H2,1H3. The van der Waals surface area contributed by atoms with Crippen molar-refractivity contribution in [1.82, 2.24) is 4.98 Å². The molecule has 20 heavy (non-hydrogen) atoms. The average Bonchev–Trinajstić information content (AvgIpc) is 2.78. The van der Waals surface area contributed by atoms with E-state index >= 15 is 0 Å². The lowest BCUT2D eigenvalue weighted by Crippen LogP contribution is -2.09. The maximum Gasteiger partial charge on any atom is 0.154 e. The molecule has 2 nitrogen and oxygen atoms in total. The summed E-state index contributed by atoms with van der Waals surface area (Å²) >= 11 is 15.7. The Hall–Kier alpha value is -0.770. The molecule has 5 heteroatoms. The van der Waals surface area contributed by atoms with Gasteiger partial charge in [0.15, 0.2) is 5.15 Å². The zero-order valence-electron chi connectivity index (χ0n) is 10.9. The normalized spacial score (nSPS) is 17.1. The van der Waals surface area contributed by atoms with Gasteiger partial charge in [-0.25, -0.2) is 4.98 Å². The minimum absolute atomic E-state index is 0.265. The van der Waals surface area contributed by atoms with Gasteiger partial charge in [-0.2, -0.15) is 0 Å². The van der Waals surface area contributed by atoms with Crippen LogP contribution in [0.4, 0.5) is 5.69 Å². The first-order chi connectivity index (χ1) is 9.56. The lowest BCUT2D eigenvalue weighted by Gasteiger charge is -2.18. The number of fused-ring (bicyclic) bond motifs is 1. The minimum atomic E-state index is 0.265. The molecular formula is C15H13BrCl2N2. The highest BCUT2D eigenvalue weighted by Crippen LogP contribution is 2.39. The Balaban J connectivity index is 1.94. The van der Waals surface area contributed by atoms with Crippen LogP contribution in [0.5, 0.6) is 0 Å². The summed E-state index contributed by atoms with van der Waals surface area (Å²) in [6.45, 7) is 1.98. The minimum Gasteiger partial charge on any atom is -0.376 e. The quantitative estimate of drug-likeness (QED) is 0.699. The highest BCUT2D eigenvalue weighted by molar-refractivity contribution is 9.10. The van der Waals surface area contributed by atoms with Crippen molar-refractivity contribution in [3.05, 3.63) is 55.7 Å². The molecule has 0 saturated heterocycles. The third kappa shape index (κ3) is 2.54. The van der Waals surface area contributed by atoms with Crippen LogP contribution in [0.25, 0.3) is 0 Å². The summed E-state index contributed by atoms with van der Waals surface area (Å²) in [5, 5.41) is 4.37. The van der Waals surface area contributed by atoms with E-state index in [0.29, 0.717) is 10.3 Å². The molecule has 1 atom stereocenters. The molecular weight excluding hydrogens is 359 g/mol.